The van der Waals surface area contributed by atoms with E-state index in [1.54, 1.807) is 29.0 Å². The molecule has 2 aromatic carbocycles. The molecule has 0 aliphatic carbocycles. The average molecular weight is 390 g/mol. The second kappa shape index (κ2) is 6.98. The number of H-pyrrole nitrogens is 1. The van der Waals surface area contributed by atoms with Crippen molar-refractivity contribution in [1.82, 2.24) is 25.0 Å². The summed E-state index contributed by atoms with van der Waals surface area (Å²) in [7, 11) is 0. The lowest BCUT2D eigenvalue weighted by Gasteiger charge is -2.28. The van der Waals surface area contributed by atoms with Crippen LogP contribution in [-0.2, 0) is 0 Å². The topological polar surface area (TPSA) is 62.6 Å². The average Bonchev–Trinajstić information content (AvgIpc) is 3.46. The standard InChI is InChI=1S/C21H21N6S/c1-14-6-3-8-16(27-22-11-12-23-27)20(14)26-13-5-9-17(26)21-24-15-7-4-10-18(28-2)19(15)25-21/h3-4,6-7,10-12,17H,5,9,13H2,1-2H3,(H,24,25)/t17-/m0/s1. The van der Waals surface area contributed by atoms with Gasteiger partial charge in [-0.15, -0.1) is 16.6 Å². The number of aromatic nitrogens is 5. The van der Waals surface area contributed by atoms with Crippen molar-refractivity contribution < 1.29 is 0 Å². The van der Waals surface area contributed by atoms with E-state index in [1.165, 1.54) is 10.5 Å². The fraction of sp³-hybridized carbons (Fsp3) is 0.286. The molecule has 1 aliphatic rings. The van der Waals surface area contributed by atoms with Gasteiger partial charge >= 0.3 is 0 Å². The zero-order valence-corrected chi connectivity index (χ0v) is 16.7. The van der Waals surface area contributed by atoms with Crippen LogP contribution in [0.1, 0.15) is 30.3 Å². The molecule has 0 unspecified atom stereocenters. The highest BCUT2D eigenvalue weighted by atomic mass is 32.2. The number of nitrogens with one attached hydrogen (secondary N) is 1. The van der Waals surface area contributed by atoms with E-state index >= 15 is 0 Å². The van der Waals surface area contributed by atoms with Crippen LogP contribution in [-0.4, -0.2) is 37.8 Å². The van der Waals surface area contributed by atoms with Gasteiger partial charge in [-0.1, -0.05) is 18.2 Å². The number of benzene rings is 2. The van der Waals surface area contributed by atoms with Gasteiger partial charge in [0.25, 0.3) is 0 Å². The van der Waals surface area contributed by atoms with Crippen molar-refractivity contribution in [2.24, 2.45) is 0 Å². The minimum atomic E-state index is 0.200. The number of nitrogens with zero attached hydrogens (tertiary/aromatic N) is 5. The molecule has 7 heteroatoms. The van der Waals surface area contributed by atoms with Crippen LogP contribution < -0.4 is 4.90 Å². The van der Waals surface area contributed by atoms with Gasteiger partial charge < -0.3 is 9.88 Å². The molecule has 6 nitrogen and oxygen atoms in total. The first-order chi connectivity index (χ1) is 13.8. The van der Waals surface area contributed by atoms with Crippen LogP contribution in [0, 0.1) is 13.0 Å². The van der Waals surface area contributed by atoms with Crippen molar-refractivity contribution >= 4 is 28.5 Å². The molecule has 0 amide bonds. The molecule has 0 saturated carbocycles. The van der Waals surface area contributed by atoms with Crippen molar-refractivity contribution in [3.05, 3.63) is 60.2 Å². The Kier molecular flexibility index (Phi) is 4.31. The van der Waals surface area contributed by atoms with Crippen LogP contribution >= 0.6 is 11.8 Å². The lowest BCUT2D eigenvalue weighted by atomic mass is 10.1. The van der Waals surface area contributed by atoms with E-state index in [4.69, 9.17) is 4.98 Å². The SMILES string of the molecule is CSc1cccc2nc([C@@H]3CCCN3c3c(-n4nccn4)[c]ccc3C)[nH]c12. The second-order valence-electron chi connectivity index (χ2n) is 7.00. The molecular weight excluding hydrogens is 368 g/mol. The second-order valence-corrected chi connectivity index (χ2v) is 7.85. The number of fused-ring (bicyclic) bond motifs is 1. The summed E-state index contributed by atoms with van der Waals surface area (Å²) in [4.78, 5) is 13.9. The summed E-state index contributed by atoms with van der Waals surface area (Å²) < 4.78 is 0. The van der Waals surface area contributed by atoms with Crippen molar-refractivity contribution in [1.29, 1.82) is 0 Å². The first-order valence-corrected chi connectivity index (χ1v) is 10.7. The monoisotopic (exact) mass is 389 g/mol. The lowest BCUT2D eigenvalue weighted by Crippen LogP contribution is -2.26. The van der Waals surface area contributed by atoms with Gasteiger partial charge in [-0.05, 0) is 43.7 Å². The van der Waals surface area contributed by atoms with Crippen LogP contribution in [0.4, 0.5) is 5.69 Å². The van der Waals surface area contributed by atoms with Crippen molar-refractivity contribution in [2.45, 2.75) is 30.7 Å². The van der Waals surface area contributed by atoms with Crippen molar-refractivity contribution in [3.63, 3.8) is 0 Å². The number of aryl methyl sites for hydroxylation is 1. The molecular formula is C21H21N6S. The van der Waals surface area contributed by atoms with Crippen LogP contribution in [0.2, 0.25) is 0 Å². The summed E-state index contributed by atoms with van der Waals surface area (Å²) >= 11 is 1.74. The molecule has 3 heterocycles. The van der Waals surface area contributed by atoms with E-state index in [-0.39, 0.29) is 6.04 Å². The summed E-state index contributed by atoms with van der Waals surface area (Å²) in [6, 6.07) is 13.9. The molecule has 4 aromatic rings. The highest BCUT2D eigenvalue weighted by molar-refractivity contribution is 7.98. The van der Waals surface area contributed by atoms with Gasteiger partial charge in [-0.25, -0.2) is 4.98 Å². The number of imidazole rings is 1. The van der Waals surface area contributed by atoms with Crippen LogP contribution in [0.3, 0.4) is 0 Å². The summed E-state index contributed by atoms with van der Waals surface area (Å²) in [5, 5.41) is 8.67. The van der Waals surface area contributed by atoms with Gasteiger partial charge in [0.1, 0.15) is 11.5 Å². The Hall–Kier alpha value is -2.80. The van der Waals surface area contributed by atoms with Gasteiger partial charge in [-0.3, -0.25) is 0 Å². The minimum Gasteiger partial charge on any atom is -0.359 e. The Morgan fingerprint density at radius 1 is 1.21 bits per heavy atom. The minimum absolute atomic E-state index is 0.200. The van der Waals surface area contributed by atoms with Gasteiger partial charge in [0.05, 0.1) is 35.2 Å². The lowest BCUT2D eigenvalue weighted by molar-refractivity contribution is 0.669. The summed E-state index contributed by atoms with van der Waals surface area (Å²) in [5.41, 5.74) is 5.37. The fourth-order valence-corrected chi connectivity index (χ4v) is 4.67. The van der Waals surface area contributed by atoms with E-state index in [9.17, 15) is 0 Å². The number of aromatic amines is 1. The molecule has 1 atom stereocenters. The number of hydrogen-bond acceptors (Lipinski definition) is 5. The molecule has 2 aromatic heterocycles. The van der Waals surface area contributed by atoms with E-state index in [2.05, 4.69) is 63.6 Å². The van der Waals surface area contributed by atoms with Gasteiger partial charge in [0, 0.05) is 17.5 Å². The number of rotatable bonds is 4. The maximum atomic E-state index is 4.94. The Morgan fingerprint density at radius 3 is 2.89 bits per heavy atom. The van der Waals surface area contributed by atoms with Crippen molar-refractivity contribution in [2.75, 3.05) is 17.7 Å². The predicted octanol–water partition coefficient (Wildman–Crippen LogP) is 4.32. The first-order valence-electron chi connectivity index (χ1n) is 9.43. The third-order valence-electron chi connectivity index (χ3n) is 5.34. The van der Waals surface area contributed by atoms with E-state index < -0.39 is 0 Å². The maximum Gasteiger partial charge on any atom is 0.130 e. The number of hydrogen-bond donors (Lipinski definition) is 1. The van der Waals surface area contributed by atoms with Crippen molar-refractivity contribution in [3.8, 4) is 5.69 Å². The van der Waals surface area contributed by atoms with Crippen LogP contribution in [0.5, 0.6) is 0 Å². The van der Waals surface area contributed by atoms with E-state index in [0.29, 0.717) is 0 Å². The molecule has 1 N–H and O–H groups in total. The highest BCUT2D eigenvalue weighted by Gasteiger charge is 2.32. The normalized spacial score (nSPS) is 16.9. The molecule has 5 rings (SSSR count). The molecule has 0 bridgehead atoms. The van der Waals surface area contributed by atoms with Gasteiger partial charge in [0.15, 0.2) is 0 Å². The molecule has 1 fully saturated rings. The van der Waals surface area contributed by atoms with E-state index in [0.717, 1.165) is 47.6 Å². The van der Waals surface area contributed by atoms with Crippen LogP contribution in [0.15, 0.2) is 47.6 Å². The molecule has 1 aliphatic heterocycles. The smallest absolute Gasteiger partial charge is 0.130 e. The predicted molar refractivity (Wildman–Crippen MR) is 112 cm³/mol. The largest absolute Gasteiger partial charge is 0.359 e. The summed E-state index contributed by atoms with van der Waals surface area (Å²) in [6.45, 7) is 3.11. The first kappa shape index (κ1) is 17.3. The molecule has 1 saturated heterocycles. The van der Waals surface area contributed by atoms with Crippen LogP contribution in [0.25, 0.3) is 16.7 Å². The molecule has 28 heavy (non-hydrogen) atoms. The molecule has 141 valence electrons. The third-order valence-corrected chi connectivity index (χ3v) is 6.12. The maximum absolute atomic E-state index is 4.94. The Balaban J connectivity index is 1.61. The fourth-order valence-electron chi connectivity index (χ4n) is 4.10. The molecule has 0 spiro atoms. The highest BCUT2D eigenvalue weighted by Crippen LogP contribution is 2.40. The Bertz CT molecular complexity index is 1120. The zero-order valence-electron chi connectivity index (χ0n) is 15.9. The Morgan fingerprint density at radius 2 is 2.07 bits per heavy atom. The number of thioether (sulfide) groups is 1. The Labute approximate surface area is 168 Å². The number of anilines is 1. The summed E-state index contributed by atoms with van der Waals surface area (Å²) in [6.07, 6.45) is 7.69. The third kappa shape index (κ3) is 2.77. The van der Waals surface area contributed by atoms with E-state index in [1.807, 2.05) is 6.07 Å². The zero-order chi connectivity index (χ0) is 19.1. The quantitative estimate of drug-likeness (QED) is 0.527. The molecule has 1 radical (unpaired) electrons. The van der Waals surface area contributed by atoms with Gasteiger partial charge in [0.2, 0.25) is 0 Å². The number of para-hydroxylation sites is 1. The summed E-state index contributed by atoms with van der Waals surface area (Å²) in [5.74, 6) is 1.02. The van der Waals surface area contributed by atoms with Gasteiger partial charge in [-0.2, -0.15) is 10.2 Å².